The fourth-order valence-electron chi connectivity index (χ4n) is 2.16. The van der Waals surface area contributed by atoms with E-state index in [1.165, 1.54) is 31.2 Å². The van der Waals surface area contributed by atoms with Crippen molar-refractivity contribution in [3.8, 4) is 0 Å². The van der Waals surface area contributed by atoms with Crippen LogP contribution in [0.5, 0.6) is 0 Å². The predicted octanol–water partition coefficient (Wildman–Crippen LogP) is 4.91. The van der Waals surface area contributed by atoms with Gasteiger partial charge in [0.15, 0.2) is 0 Å². The molecule has 0 aliphatic carbocycles. The van der Waals surface area contributed by atoms with Crippen LogP contribution in [0.2, 0.25) is 0 Å². The molecule has 0 aromatic heterocycles. The van der Waals surface area contributed by atoms with E-state index in [9.17, 15) is 0 Å². The van der Waals surface area contributed by atoms with Crippen LogP contribution in [0.4, 0.5) is 0 Å². The van der Waals surface area contributed by atoms with Gasteiger partial charge in [0.1, 0.15) is 0 Å². The van der Waals surface area contributed by atoms with Crippen molar-refractivity contribution in [1.82, 2.24) is 0 Å². The number of halogens is 1. The van der Waals surface area contributed by atoms with E-state index in [1.807, 2.05) is 0 Å². The van der Waals surface area contributed by atoms with Crippen molar-refractivity contribution in [2.45, 2.75) is 39.5 Å². The number of aryl methyl sites for hydroxylation is 1. The molecule has 90 valence electrons. The Balaban J connectivity index is 2.23. The second-order valence-electron chi connectivity index (χ2n) is 5.03. The van der Waals surface area contributed by atoms with Crippen LogP contribution in [0.15, 0.2) is 30.3 Å². The molecule has 1 aromatic carbocycles. The van der Waals surface area contributed by atoms with E-state index in [1.54, 1.807) is 0 Å². The molecule has 0 radical (unpaired) electrons. The van der Waals surface area contributed by atoms with Crippen molar-refractivity contribution in [3.63, 3.8) is 0 Å². The highest BCUT2D eigenvalue weighted by Gasteiger charge is 2.09. The first-order valence-electron chi connectivity index (χ1n) is 6.32. The maximum atomic E-state index is 5.99. The molecule has 0 bridgehead atoms. The first-order valence-corrected chi connectivity index (χ1v) is 6.85. The summed E-state index contributed by atoms with van der Waals surface area (Å²) in [5, 5.41) is 0. The van der Waals surface area contributed by atoms with Crippen LogP contribution in [0.1, 0.15) is 38.7 Å². The zero-order chi connectivity index (χ0) is 11.8. The molecule has 1 aromatic rings. The fourth-order valence-corrected chi connectivity index (χ4v) is 2.44. The Labute approximate surface area is 105 Å². The van der Waals surface area contributed by atoms with Gasteiger partial charge in [0.2, 0.25) is 0 Å². The van der Waals surface area contributed by atoms with Gasteiger partial charge in [-0.1, -0.05) is 44.2 Å². The first kappa shape index (κ1) is 13.6. The molecular formula is C15H23Cl. The van der Waals surface area contributed by atoms with Crippen LogP contribution in [0.3, 0.4) is 0 Å². The SMILES string of the molecule is CC(C)CC(CCl)CCCc1ccccc1. The zero-order valence-corrected chi connectivity index (χ0v) is 11.2. The lowest BCUT2D eigenvalue weighted by atomic mass is 9.93. The van der Waals surface area contributed by atoms with Crippen molar-refractivity contribution in [1.29, 1.82) is 0 Å². The van der Waals surface area contributed by atoms with Crippen molar-refractivity contribution in [2.75, 3.05) is 5.88 Å². The van der Waals surface area contributed by atoms with Crippen molar-refractivity contribution < 1.29 is 0 Å². The number of rotatable bonds is 7. The van der Waals surface area contributed by atoms with Crippen LogP contribution >= 0.6 is 11.6 Å². The lowest BCUT2D eigenvalue weighted by Crippen LogP contribution is -2.06. The third kappa shape index (κ3) is 5.55. The average Bonchev–Trinajstić information content (AvgIpc) is 2.28. The van der Waals surface area contributed by atoms with Gasteiger partial charge in [-0.15, -0.1) is 11.6 Å². The minimum absolute atomic E-state index is 0.699. The summed E-state index contributed by atoms with van der Waals surface area (Å²) in [5.74, 6) is 2.28. The monoisotopic (exact) mass is 238 g/mol. The van der Waals surface area contributed by atoms with Gasteiger partial charge < -0.3 is 0 Å². The fraction of sp³-hybridized carbons (Fsp3) is 0.600. The van der Waals surface area contributed by atoms with Crippen molar-refractivity contribution in [2.24, 2.45) is 11.8 Å². The molecule has 0 nitrogen and oxygen atoms in total. The van der Waals surface area contributed by atoms with Gasteiger partial charge in [0.25, 0.3) is 0 Å². The summed E-state index contributed by atoms with van der Waals surface area (Å²) in [5.41, 5.74) is 1.44. The van der Waals surface area contributed by atoms with E-state index in [4.69, 9.17) is 11.6 Å². The number of hydrogen-bond donors (Lipinski definition) is 0. The molecule has 0 N–H and O–H groups in total. The normalized spacial score (nSPS) is 13.0. The molecule has 0 aliphatic rings. The third-order valence-electron chi connectivity index (χ3n) is 2.94. The Hall–Kier alpha value is -0.490. The highest BCUT2D eigenvalue weighted by molar-refractivity contribution is 6.18. The predicted molar refractivity (Wildman–Crippen MR) is 73.0 cm³/mol. The summed E-state index contributed by atoms with van der Waals surface area (Å²) in [6.45, 7) is 4.55. The Morgan fingerprint density at radius 3 is 2.38 bits per heavy atom. The van der Waals surface area contributed by atoms with Gasteiger partial charge in [-0.05, 0) is 43.1 Å². The van der Waals surface area contributed by atoms with Crippen LogP contribution < -0.4 is 0 Å². The maximum Gasteiger partial charge on any atom is 0.0251 e. The molecule has 1 heteroatoms. The maximum absolute atomic E-state index is 5.99. The molecule has 1 rings (SSSR count). The molecule has 0 amide bonds. The smallest absolute Gasteiger partial charge is 0.0251 e. The molecule has 16 heavy (non-hydrogen) atoms. The Kier molecular flexibility index (Phi) is 6.56. The standard InChI is InChI=1S/C15H23Cl/c1-13(2)11-15(12-16)10-6-9-14-7-4-3-5-8-14/h3-5,7-8,13,15H,6,9-12H2,1-2H3. The molecule has 0 aliphatic heterocycles. The second-order valence-corrected chi connectivity index (χ2v) is 5.34. The minimum Gasteiger partial charge on any atom is -0.126 e. The molecule has 0 saturated carbocycles. The Morgan fingerprint density at radius 2 is 1.81 bits per heavy atom. The quantitative estimate of drug-likeness (QED) is 0.592. The Morgan fingerprint density at radius 1 is 1.12 bits per heavy atom. The summed E-state index contributed by atoms with van der Waals surface area (Å²) >= 11 is 5.99. The van der Waals surface area contributed by atoms with Crippen molar-refractivity contribution in [3.05, 3.63) is 35.9 Å². The van der Waals surface area contributed by atoms with Gasteiger partial charge in [0.05, 0.1) is 0 Å². The van der Waals surface area contributed by atoms with Gasteiger partial charge in [-0.25, -0.2) is 0 Å². The average molecular weight is 239 g/mol. The van der Waals surface area contributed by atoms with E-state index >= 15 is 0 Å². The third-order valence-corrected chi connectivity index (χ3v) is 3.38. The van der Waals surface area contributed by atoms with E-state index < -0.39 is 0 Å². The first-order chi connectivity index (χ1) is 7.72. The van der Waals surface area contributed by atoms with Crippen LogP contribution in [0, 0.1) is 11.8 Å². The van der Waals surface area contributed by atoms with Crippen LogP contribution in [0.25, 0.3) is 0 Å². The number of hydrogen-bond acceptors (Lipinski definition) is 0. The molecular weight excluding hydrogens is 216 g/mol. The van der Waals surface area contributed by atoms with Gasteiger partial charge in [-0.3, -0.25) is 0 Å². The summed E-state index contributed by atoms with van der Waals surface area (Å²) in [6, 6.07) is 10.7. The topological polar surface area (TPSA) is 0 Å². The number of alkyl halides is 1. The number of benzene rings is 1. The molecule has 0 fully saturated rings. The molecule has 1 atom stereocenters. The van der Waals surface area contributed by atoms with Crippen LogP contribution in [-0.4, -0.2) is 5.88 Å². The highest BCUT2D eigenvalue weighted by Crippen LogP contribution is 2.19. The summed E-state index contributed by atoms with van der Waals surface area (Å²) in [7, 11) is 0. The van der Waals surface area contributed by atoms with E-state index in [2.05, 4.69) is 44.2 Å². The minimum atomic E-state index is 0.699. The van der Waals surface area contributed by atoms with E-state index in [-0.39, 0.29) is 0 Å². The summed E-state index contributed by atoms with van der Waals surface area (Å²) < 4.78 is 0. The summed E-state index contributed by atoms with van der Waals surface area (Å²) in [6.07, 6.45) is 4.97. The zero-order valence-electron chi connectivity index (χ0n) is 10.5. The van der Waals surface area contributed by atoms with Crippen molar-refractivity contribution >= 4 is 11.6 Å². The van der Waals surface area contributed by atoms with E-state index in [0.717, 1.165) is 11.8 Å². The van der Waals surface area contributed by atoms with Gasteiger partial charge in [0, 0.05) is 5.88 Å². The molecule has 0 heterocycles. The highest BCUT2D eigenvalue weighted by atomic mass is 35.5. The van der Waals surface area contributed by atoms with Gasteiger partial charge >= 0.3 is 0 Å². The second kappa shape index (κ2) is 7.73. The Bertz CT molecular complexity index is 266. The lowest BCUT2D eigenvalue weighted by molar-refractivity contribution is 0.410. The molecule has 0 saturated heterocycles. The van der Waals surface area contributed by atoms with Crippen LogP contribution in [-0.2, 0) is 6.42 Å². The van der Waals surface area contributed by atoms with E-state index in [0.29, 0.717) is 5.92 Å². The van der Waals surface area contributed by atoms with Gasteiger partial charge in [-0.2, -0.15) is 0 Å². The largest absolute Gasteiger partial charge is 0.126 e. The molecule has 0 spiro atoms. The molecule has 1 unspecified atom stereocenters. The lowest BCUT2D eigenvalue weighted by Gasteiger charge is -2.15. The summed E-state index contributed by atoms with van der Waals surface area (Å²) in [4.78, 5) is 0.